The smallest absolute Gasteiger partial charge is 0.336 e. The number of rotatable bonds is 9. The fraction of sp³-hybridized carbons (Fsp3) is 0.407. The average Bonchev–Trinajstić information content (AvgIpc) is 3.18. The Morgan fingerprint density at radius 2 is 1.94 bits per heavy atom. The third-order valence-electron chi connectivity index (χ3n) is 6.36. The minimum Gasteiger partial charge on any atom is -0.478 e. The highest BCUT2D eigenvalue weighted by Crippen LogP contribution is 2.29. The van der Waals surface area contributed by atoms with Crippen LogP contribution in [0, 0.1) is 25.6 Å². The number of carbonyl (C=O) groups is 1. The fourth-order valence-corrected chi connectivity index (χ4v) is 4.51. The largest absolute Gasteiger partial charge is 0.478 e. The van der Waals surface area contributed by atoms with Crippen molar-refractivity contribution in [3.8, 4) is 11.5 Å². The van der Waals surface area contributed by atoms with Gasteiger partial charge >= 0.3 is 5.97 Å². The topological polar surface area (TPSA) is 81.8 Å². The first-order chi connectivity index (χ1) is 16.4. The molecule has 1 heterocycles. The van der Waals surface area contributed by atoms with Crippen molar-refractivity contribution in [3.05, 3.63) is 76.4 Å². The summed E-state index contributed by atoms with van der Waals surface area (Å²) in [6, 6.07) is 11.5. The Hall–Kier alpha value is -3.03. The molecule has 1 aromatic heterocycles. The molecule has 1 aliphatic carbocycles. The lowest BCUT2D eigenvalue weighted by atomic mass is 9.87. The Kier molecular flexibility index (Phi) is 7.75. The van der Waals surface area contributed by atoms with Gasteiger partial charge in [-0.1, -0.05) is 24.6 Å². The monoisotopic (exact) mass is 467 g/mol. The van der Waals surface area contributed by atoms with Crippen molar-refractivity contribution in [2.45, 2.75) is 58.8 Å². The number of halogens is 1. The number of aryl methyl sites for hydroxylation is 2. The van der Waals surface area contributed by atoms with Crippen molar-refractivity contribution in [2.24, 2.45) is 5.92 Å². The van der Waals surface area contributed by atoms with Crippen molar-refractivity contribution in [2.75, 3.05) is 6.61 Å². The van der Waals surface area contributed by atoms with Gasteiger partial charge in [-0.25, -0.2) is 14.2 Å². The first kappa shape index (κ1) is 24.1. The van der Waals surface area contributed by atoms with E-state index in [0.29, 0.717) is 48.5 Å². The van der Waals surface area contributed by atoms with E-state index >= 15 is 0 Å². The molecule has 0 spiro atoms. The van der Waals surface area contributed by atoms with Crippen LogP contribution < -0.4 is 0 Å². The molecule has 0 bridgehead atoms. The number of carboxylic acids is 1. The van der Waals surface area contributed by atoms with Crippen LogP contribution in [0.3, 0.4) is 0 Å². The molecular formula is C27H30FNO5. The Bertz CT molecular complexity index is 1120. The first-order valence-corrected chi connectivity index (χ1v) is 11.6. The van der Waals surface area contributed by atoms with Crippen molar-refractivity contribution in [3.63, 3.8) is 0 Å². The second-order valence-corrected chi connectivity index (χ2v) is 8.92. The van der Waals surface area contributed by atoms with Crippen LogP contribution in [-0.2, 0) is 22.7 Å². The molecule has 0 amide bonds. The highest BCUT2D eigenvalue weighted by molar-refractivity contribution is 5.91. The minimum atomic E-state index is -0.919. The predicted molar refractivity (Wildman–Crippen MR) is 125 cm³/mol. The summed E-state index contributed by atoms with van der Waals surface area (Å²) >= 11 is 0. The van der Waals surface area contributed by atoms with Gasteiger partial charge in [-0.3, -0.25) is 0 Å². The third-order valence-corrected chi connectivity index (χ3v) is 6.36. The van der Waals surface area contributed by atoms with E-state index < -0.39 is 5.97 Å². The molecule has 3 aromatic rings. The zero-order valence-corrected chi connectivity index (χ0v) is 19.6. The minimum absolute atomic E-state index is 0.0865. The van der Waals surface area contributed by atoms with E-state index in [1.807, 2.05) is 19.1 Å². The zero-order valence-electron chi connectivity index (χ0n) is 19.6. The summed E-state index contributed by atoms with van der Waals surface area (Å²) in [5.74, 6) is 0.304. The molecule has 180 valence electrons. The van der Waals surface area contributed by atoms with Gasteiger partial charge in [-0.2, -0.15) is 0 Å². The Morgan fingerprint density at radius 1 is 1.15 bits per heavy atom. The number of nitrogens with zero attached hydrogens (tertiary/aromatic N) is 1. The van der Waals surface area contributed by atoms with E-state index in [1.165, 1.54) is 12.1 Å². The lowest BCUT2D eigenvalue weighted by molar-refractivity contribution is -0.0183. The number of oxazole rings is 1. The lowest BCUT2D eigenvalue weighted by Crippen LogP contribution is -2.26. The van der Waals surface area contributed by atoms with E-state index in [1.54, 1.807) is 25.1 Å². The van der Waals surface area contributed by atoms with E-state index in [4.69, 9.17) is 13.9 Å². The van der Waals surface area contributed by atoms with Crippen LogP contribution in [0.15, 0.2) is 46.9 Å². The number of aromatic carboxylic acids is 1. The van der Waals surface area contributed by atoms with E-state index in [9.17, 15) is 14.3 Å². The molecule has 1 fully saturated rings. The van der Waals surface area contributed by atoms with Gasteiger partial charge in [-0.05, 0) is 74.4 Å². The Morgan fingerprint density at radius 3 is 2.71 bits per heavy atom. The fourth-order valence-electron chi connectivity index (χ4n) is 4.51. The summed E-state index contributed by atoms with van der Waals surface area (Å²) in [6.07, 6.45) is 4.06. The molecule has 1 aliphatic rings. The highest BCUT2D eigenvalue weighted by Gasteiger charge is 2.24. The van der Waals surface area contributed by atoms with Crippen LogP contribution >= 0.6 is 0 Å². The van der Waals surface area contributed by atoms with Gasteiger partial charge in [-0.15, -0.1) is 0 Å². The molecule has 7 heteroatoms. The highest BCUT2D eigenvalue weighted by atomic mass is 19.1. The summed E-state index contributed by atoms with van der Waals surface area (Å²) in [5.41, 5.74) is 3.26. The standard InChI is InChI=1S/C27H30FNO5/c1-17-5-3-7-21(25(17)27(30)31)15-33-23-8-4-6-19(13-23)14-32-16-24-18(2)34-26(29-24)20-9-11-22(28)12-10-20/h3,5,7,9-12,19,23H,4,6,8,13-16H2,1-2H3,(H,30,31)/t19?,23-/m1/s1. The van der Waals surface area contributed by atoms with Crippen LogP contribution in [0.25, 0.3) is 11.5 Å². The molecule has 2 atom stereocenters. The molecule has 0 aliphatic heterocycles. The second-order valence-electron chi connectivity index (χ2n) is 8.92. The quantitative estimate of drug-likeness (QED) is 0.410. The SMILES string of the molecule is Cc1cccc(CO[C@@H]2CCCC(COCc3nc(-c4ccc(F)cc4)oc3C)C2)c1C(=O)O. The Labute approximate surface area is 198 Å². The average molecular weight is 468 g/mol. The van der Waals surface area contributed by atoms with E-state index in [2.05, 4.69) is 4.98 Å². The van der Waals surface area contributed by atoms with Gasteiger partial charge < -0.3 is 19.0 Å². The lowest BCUT2D eigenvalue weighted by Gasteiger charge is -2.29. The summed E-state index contributed by atoms with van der Waals surface area (Å²) < 4.78 is 31.0. The second kappa shape index (κ2) is 10.9. The van der Waals surface area contributed by atoms with Crippen LogP contribution in [0.2, 0.25) is 0 Å². The van der Waals surface area contributed by atoms with E-state index in [-0.39, 0.29) is 11.9 Å². The summed E-state index contributed by atoms with van der Waals surface area (Å²) in [7, 11) is 0. The van der Waals surface area contributed by atoms with Gasteiger partial charge in [0.2, 0.25) is 5.89 Å². The maximum absolute atomic E-state index is 13.2. The van der Waals surface area contributed by atoms with Crippen LogP contribution in [0.1, 0.15) is 58.6 Å². The number of carboxylic acid groups (broad SMARTS) is 1. The maximum Gasteiger partial charge on any atom is 0.336 e. The summed E-state index contributed by atoms with van der Waals surface area (Å²) in [6.45, 7) is 4.90. The Balaban J connectivity index is 1.27. The maximum atomic E-state index is 13.2. The van der Waals surface area contributed by atoms with Gasteiger partial charge in [0, 0.05) is 5.56 Å². The van der Waals surface area contributed by atoms with Crippen molar-refractivity contribution < 1.29 is 28.2 Å². The normalized spacial score (nSPS) is 18.2. The molecule has 0 saturated heterocycles. The summed E-state index contributed by atoms with van der Waals surface area (Å²) in [5, 5.41) is 9.51. The molecule has 1 saturated carbocycles. The van der Waals surface area contributed by atoms with Gasteiger partial charge in [0.15, 0.2) is 0 Å². The number of benzene rings is 2. The molecule has 1 N–H and O–H groups in total. The molecule has 4 rings (SSSR count). The number of ether oxygens (including phenoxy) is 2. The summed E-state index contributed by atoms with van der Waals surface area (Å²) in [4.78, 5) is 16.1. The van der Waals surface area contributed by atoms with Crippen LogP contribution in [0.5, 0.6) is 0 Å². The van der Waals surface area contributed by atoms with Gasteiger partial charge in [0.25, 0.3) is 0 Å². The molecule has 34 heavy (non-hydrogen) atoms. The van der Waals surface area contributed by atoms with Gasteiger partial charge in [0.05, 0.1) is 31.5 Å². The van der Waals surface area contributed by atoms with E-state index in [0.717, 1.165) is 42.5 Å². The number of hydrogen-bond acceptors (Lipinski definition) is 5. The molecule has 6 nitrogen and oxygen atoms in total. The van der Waals surface area contributed by atoms with Gasteiger partial charge in [0.1, 0.15) is 17.3 Å². The van der Waals surface area contributed by atoms with Crippen LogP contribution in [-0.4, -0.2) is 28.8 Å². The van der Waals surface area contributed by atoms with Crippen molar-refractivity contribution >= 4 is 5.97 Å². The predicted octanol–water partition coefficient (Wildman–Crippen LogP) is 6.09. The molecule has 1 unspecified atom stereocenters. The molecular weight excluding hydrogens is 437 g/mol. The van der Waals surface area contributed by atoms with Crippen molar-refractivity contribution in [1.82, 2.24) is 4.98 Å². The van der Waals surface area contributed by atoms with Crippen LogP contribution in [0.4, 0.5) is 4.39 Å². The number of hydrogen-bond donors (Lipinski definition) is 1. The molecule has 2 aromatic carbocycles. The zero-order chi connectivity index (χ0) is 24.1. The molecule has 0 radical (unpaired) electrons. The first-order valence-electron chi connectivity index (χ1n) is 11.6. The number of aromatic nitrogens is 1. The van der Waals surface area contributed by atoms with Crippen molar-refractivity contribution in [1.29, 1.82) is 0 Å². The third kappa shape index (κ3) is 5.90.